The molecule has 0 atom stereocenters. The summed E-state index contributed by atoms with van der Waals surface area (Å²) in [6, 6.07) is 11.2. The van der Waals surface area contributed by atoms with E-state index in [0.717, 1.165) is 18.0 Å². The zero-order chi connectivity index (χ0) is 13.7. The third-order valence-electron chi connectivity index (χ3n) is 2.84. The fraction of sp³-hybridized carbons (Fsp3) is 0.267. The molecule has 0 bridgehead atoms. The van der Waals surface area contributed by atoms with Crippen LogP contribution in [0.25, 0.3) is 0 Å². The van der Waals surface area contributed by atoms with Crippen LogP contribution in [0.3, 0.4) is 0 Å². The van der Waals surface area contributed by atoms with Gasteiger partial charge in [-0.3, -0.25) is 4.79 Å². The van der Waals surface area contributed by atoms with Gasteiger partial charge >= 0.3 is 0 Å². The topological polar surface area (TPSA) is 45.5 Å². The van der Waals surface area contributed by atoms with Gasteiger partial charge in [-0.2, -0.15) is 0 Å². The molecule has 1 aromatic heterocycles. The predicted molar refractivity (Wildman–Crippen MR) is 75.1 cm³/mol. The number of carbonyl (C=O) groups is 1. The second-order valence-electron chi connectivity index (χ2n) is 4.32. The van der Waals surface area contributed by atoms with Crippen molar-refractivity contribution in [2.45, 2.75) is 13.5 Å². The molecule has 0 aliphatic heterocycles. The minimum atomic E-state index is -0.0204. The van der Waals surface area contributed by atoms with Crippen molar-refractivity contribution in [3.05, 3.63) is 54.0 Å². The molecule has 2 rings (SSSR count). The van der Waals surface area contributed by atoms with Gasteiger partial charge in [-0.15, -0.1) is 0 Å². The number of carbonyl (C=O) groups excluding carboxylic acids is 1. The van der Waals surface area contributed by atoms with E-state index in [0.29, 0.717) is 12.1 Å². The highest BCUT2D eigenvalue weighted by Crippen LogP contribution is 2.17. The van der Waals surface area contributed by atoms with Gasteiger partial charge in [0.25, 0.3) is 5.91 Å². The molecule has 1 aromatic carbocycles. The van der Waals surface area contributed by atoms with E-state index in [1.54, 1.807) is 18.2 Å². The second-order valence-corrected chi connectivity index (χ2v) is 4.32. The summed E-state index contributed by atoms with van der Waals surface area (Å²) < 4.78 is 5.26. The Balaban J connectivity index is 2.14. The van der Waals surface area contributed by atoms with Crippen LogP contribution in [0.15, 0.2) is 47.1 Å². The van der Waals surface area contributed by atoms with E-state index >= 15 is 0 Å². The lowest BCUT2D eigenvalue weighted by Gasteiger charge is -2.18. The monoisotopic (exact) mass is 258 g/mol. The molecule has 0 aliphatic rings. The van der Waals surface area contributed by atoms with Gasteiger partial charge in [0, 0.05) is 19.3 Å². The minimum Gasteiger partial charge on any atom is -0.467 e. The molecule has 0 aliphatic carbocycles. The molecule has 1 N–H and O–H groups in total. The van der Waals surface area contributed by atoms with Crippen LogP contribution in [0.2, 0.25) is 0 Å². The van der Waals surface area contributed by atoms with Crippen LogP contribution in [0.5, 0.6) is 0 Å². The normalized spacial score (nSPS) is 10.2. The summed E-state index contributed by atoms with van der Waals surface area (Å²) in [4.78, 5) is 14.1. The lowest BCUT2D eigenvalue weighted by Crippen LogP contribution is -2.26. The SMILES string of the molecule is CCNc1ccccc1C(=O)N(C)Cc1ccco1. The van der Waals surface area contributed by atoms with E-state index in [4.69, 9.17) is 4.42 Å². The Morgan fingerprint density at radius 3 is 2.74 bits per heavy atom. The lowest BCUT2D eigenvalue weighted by atomic mass is 10.1. The minimum absolute atomic E-state index is 0.0204. The smallest absolute Gasteiger partial charge is 0.256 e. The van der Waals surface area contributed by atoms with Gasteiger partial charge in [0.05, 0.1) is 18.4 Å². The van der Waals surface area contributed by atoms with Crippen LogP contribution >= 0.6 is 0 Å². The summed E-state index contributed by atoms with van der Waals surface area (Å²) in [6.45, 7) is 3.26. The van der Waals surface area contributed by atoms with Crippen molar-refractivity contribution in [1.29, 1.82) is 0 Å². The van der Waals surface area contributed by atoms with E-state index in [1.165, 1.54) is 0 Å². The van der Waals surface area contributed by atoms with Crippen LogP contribution < -0.4 is 5.32 Å². The molecule has 19 heavy (non-hydrogen) atoms. The molecule has 0 saturated heterocycles. The van der Waals surface area contributed by atoms with E-state index < -0.39 is 0 Å². The molecule has 2 aromatic rings. The summed E-state index contributed by atoms with van der Waals surface area (Å²) in [6.07, 6.45) is 1.61. The Bertz CT molecular complexity index is 535. The Labute approximate surface area is 113 Å². The second kappa shape index (κ2) is 6.09. The molecule has 0 fully saturated rings. The van der Waals surface area contributed by atoms with Crippen LogP contribution in [0, 0.1) is 0 Å². The van der Waals surface area contributed by atoms with Crippen LogP contribution in [0.4, 0.5) is 5.69 Å². The molecule has 0 radical (unpaired) electrons. The number of hydrogen-bond acceptors (Lipinski definition) is 3. The molecule has 0 saturated carbocycles. The number of hydrogen-bond donors (Lipinski definition) is 1. The molecule has 4 heteroatoms. The highest BCUT2D eigenvalue weighted by Gasteiger charge is 2.16. The number of nitrogens with one attached hydrogen (secondary N) is 1. The van der Waals surface area contributed by atoms with Gasteiger partial charge in [-0.25, -0.2) is 0 Å². The predicted octanol–water partition coefficient (Wildman–Crippen LogP) is 2.98. The first-order valence-corrected chi connectivity index (χ1v) is 6.33. The molecular weight excluding hydrogens is 240 g/mol. The van der Waals surface area contributed by atoms with Crippen molar-refractivity contribution in [2.24, 2.45) is 0 Å². The zero-order valence-electron chi connectivity index (χ0n) is 11.2. The number of furan rings is 1. The van der Waals surface area contributed by atoms with E-state index in [-0.39, 0.29) is 5.91 Å². The molecule has 0 spiro atoms. The highest BCUT2D eigenvalue weighted by molar-refractivity contribution is 5.99. The highest BCUT2D eigenvalue weighted by atomic mass is 16.3. The summed E-state index contributed by atoms with van der Waals surface area (Å²) in [5, 5.41) is 3.20. The molecule has 4 nitrogen and oxygen atoms in total. The summed E-state index contributed by atoms with van der Waals surface area (Å²) >= 11 is 0. The number of rotatable bonds is 5. The van der Waals surface area contributed by atoms with Crippen molar-refractivity contribution < 1.29 is 9.21 Å². The van der Waals surface area contributed by atoms with Gasteiger partial charge < -0.3 is 14.6 Å². The van der Waals surface area contributed by atoms with E-state index in [9.17, 15) is 4.79 Å². The first-order chi connectivity index (χ1) is 9.22. The van der Waals surface area contributed by atoms with Crippen molar-refractivity contribution in [2.75, 3.05) is 18.9 Å². The van der Waals surface area contributed by atoms with E-state index in [1.807, 2.05) is 43.3 Å². The van der Waals surface area contributed by atoms with Crippen molar-refractivity contribution in [1.82, 2.24) is 4.90 Å². The fourth-order valence-corrected chi connectivity index (χ4v) is 1.93. The maximum atomic E-state index is 12.4. The van der Waals surface area contributed by atoms with Crippen LogP contribution in [-0.2, 0) is 6.54 Å². The molecular formula is C15H18N2O2. The number of amides is 1. The quantitative estimate of drug-likeness (QED) is 0.896. The average molecular weight is 258 g/mol. The first kappa shape index (κ1) is 13.2. The molecule has 0 unspecified atom stereocenters. The number of benzene rings is 1. The summed E-state index contributed by atoms with van der Waals surface area (Å²) in [7, 11) is 1.77. The Kier molecular flexibility index (Phi) is 4.23. The number of para-hydroxylation sites is 1. The lowest BCUT2D eigenvalue weighted by molar-refractivity contribution is 0.0776. The third kappa shape index (κ3) is 3.16. The van der Waals surface area contributed by atoms with E-state index in [2.05, 4.69) is 5.32 Å². The molecule has 1 heterocycles. The maximum absolute atomic E-state index is 12.4. The number of anilines is 1. The van der Waals surface area contributed by atoms with Crippen LogP contribution in [0.1, 0.15) is 23.0 Å². The summed E-state index contributed by atoms with van der Waals surface area (Å²) in [5.41, 5.74) is 1.54. The molecule has 1 amide bonds. The molecule has 100 valence electrons. The van der Waals surface area contributed by atoms with Gasteiger partial charge in [-0.1, -0.05) is 12.1 Å². The fourth-order valence-electron chi connectivity index (χ4n) is 1.93. The Morgan fingerprint density at radius 2 is 2.05 bits per heavy atom. The van der Waals surface area contributed by atoms with Crippen LogP contribution in [-0.4, -0.2) is 24.4 Å². The third-order valence-corrected chi connectivity index (χ3v) is 2.84. The Morgan fingerprint density at radius 1 is 1.26 bits per heavy atom. The van der Waals surface area contributed by atoms with Gasteiger partial charge in [-0.05, 0) is 31.2 Å². The first-order valence-electron chi connectivity index (χ1n) is 6.33. The standard InChI is InChI=1S/C15H18N2O2/c1-3-16-14-9-5-4-8-13(14)15(18)17(2)11-12-7-6-10-19-12/h4-10,16H,3,11H2,1-2H3. The van der Waals surface area contributed by atoms with Crippen molar-refractivity contribution >= 4 is 11.6 Å². The van der Waals surface area contributed by atoms with Gasteiger partial charge in [0.15, 0.2) is 0 Å². The average Bonchev–Trinajstić information content (AvgIpc) is 2.92. The zero-order valence-corrected chi connectivity index (χ0v) is 11.2. The van der Waals surface area contributed by atoms with Crippen molar-refractivity contribution in [3.63, 3.8) is 0 Å². The van der Waals surface area contributed by atoms with Gasteiger partial charge in [0.1, 0.15) is 5.76 Å². The summed E-state index contributed by atoms with van der Waals surface area (Å²) in [5.74, 6) is 0.754. The maximum Gasteiger partial charge on any atom is 0.256 e. The Hall–Kier alpha value is -2.23. The number of nitrogens with zero attached hydrogens (tertiary/aromatic N) is 1. The largest absolute Gasteiger partial charge is 0.467 e. The van der Waals surface area contributed by atoms with Crippen molar-refractivity contribution in [3.8, 4) is 0 Å². The van der Waals surface area contributed by atoms with Gasteiger partial charge in [0.2, 0.25) is 0 Å².